The van der Waals surface area contributed by atoms with E-state index in [9.17, 15) is 8.78 Å². The number of ether oxygens (including phenoxy) is 1. The summed E-state index contributed by atoms with van der Waals surface area (Å²) in [7, 11) is 1.79. The second-order valence-corrected chi connectivity index (χ2v) is 5.35. The molecule has 0 amide bonds. The third-order valence-electron chi connectivity index (χ3n) is 2.60. The van der Waals surface area contributed by atoms with Crippen LogP contribution >= 0.6 is 0 Å². The summed E-state index contributed by atoms with van der Waals surface area (Å²) in [5.41, 5.74) is 0.127. The molecule has 2 nitrogen and oxygen atoms in total. The molecule has 0 fully saturated rings. The minimum Gasteiger partial charge on any atom is -0.374 e. The van der Waals surface area contributed by atoms with Gasteiger partial charge in [0, 0.05) is 6.04 Å². The van der Waals surface area contributed by atoms with Gasteiger partial charge in [-0.05, 0) is 58.0 Å². The fraction of sp³-hybridized carbons (Fsp3) is 0.571. The Kier molecular flexibility index (Phi) is 5.23. The van der Waals surface area contributed by atoms with Crippen LogP contribution in [-0.2, 0) is 11.2 Å². The minimum absolute atomic E-state index is 0.0412. The molecule has 0 aliphatic rings. The summed E-state index contributed by atoms with van der Waals surface area (Å²) in [5, 5.41) is 3.06. The van der Waals surface area contributed by atoms with E-state index in [0.29, 0.717) is 18.6 Å². The van der Waals surface area contributed by atoms with E-state index in [1.165, 1.54) is 6.07 Å². The minimum atomic E-state index is -0.419. The van der Waals surface area contributed by atoms with Crippen molar-refractivity contribution < 1.29 is 13.5 Å². The Morgan fingerprint density at radius 3 is 2.50 bits per heavy atom. The molecule has 1 atom stereocenters. The van der Waals surface area contributed by atoms with Gasteiger partial charge >= 0.3 is 0 Å². The zero-order chi connectivity index (χ0) is 13.8. The van der Waals surface area contributed by atoms with Gasteiger partial charge in [0.1, 0.15) is 11.6 Å². The predicted molar refractivity (Wildman–Crippen MR) is 68.6 cm³/mol. The van der Waals surface area contributed by atoms with Gasteiger partial charge in [0.05, 0.1) is 12.2 Å². The molecule has 0 radical (unpaired) electrons. The van der Waals surface area contributed by atoms with Crippen LogP contribution in [-0.4, -0.2) is 25.3 Å². The van der Waals surface area contributed by atoms with E-state index in [1.807, 2.05) is 20.8 Å². The van der Waals surface area contributed by atoms with Crippen LogP contribution in [0.5, 0.6) is 0 Å². The highest BCUT2D eigenvalue weighted by molar-refractivity contribution is 5.19. The molecule has 1 aromatic carbocycles. The third-order valence-corrected chi connectivity index (χ3v) is 2.60. The standard InChI is InChI=1S/C14H21F2NO/c1-14(2,3)18-9-12(17-4)8-10-7-11(15)5-6-13(10)16/h5-7,12,17H,8-9H2,1-4H3. The second-order valence-electron chi connectivity index (χ2n) is 5.35. The molecule has 1 rings (SSSR count). The van der Waals surface area contributed by atoms with Crippen LogP contribution < -0.4 is 5.32 Å². The van der Waals surface area contributed by atoms with E-state index in [4.69, 9.17) is 4.74 Å². The molecule has 0 aliphatic carbocycles. The average Bonchev–Trinajstić information content (AvgIpc) is 2.27. The van der Waals surface area contributed by atoms with Crippen LogP contribution in [0, 0.1) is 11.6 Å². The van der Waals surface area contributed by atoms with Crippen LogP contribution in [0.4, 0.5) is 8.78 Å². The lowest BCUT2D eigenvalue weighted by Gasteiger charge is -2.24. The highest BCUT2D eigenvalue weighted by atomic mass is 19.1. The van der Waals surface area contributed by atoms with E-state index >= 15 is 0 Å². The van der Waals surface area contributed by atoms with Crippen molar-refractivity contribution in [1.82, 2.24) is 5.32 Å². The molecule has 1 N–H and O–H groups in total. The lowest BCUT2D eigenvalue weighted by molar-refractivity contribution is -0.0135. The first-order chi connectivity index (χ1) is 8.31. The maximum Gasteiger partial charge on any atom is 0.126 e. The molecule has 1 unspecified atom stereocenters. The Balaban J connectivity index is 2.65. The van der Waals surface area contributed by atoms with Gasteiger partial charge in [-0.15, -0.1) is 0 Å². The van der Waals surface area contributed by atoms with Crippen LogP contribution in [0.15, 0.2) is 18.2 Å². The summed E-state index contributed by atoms with van der Waals surface area (Å²) in [5.74, 6) is -0.801. The van der Waals surface area contributed by atoms with Gasteiger partial charge in [-0.2, -0.15) is 0 Å². The molecule has 4 heteroatoms. The zero-order valence-corrected chi connectivity index (χ0v) is 11.4. The van der Waals surface area contributed by atoms with Gasteiger partial charge in [-0.1, -0.05) is 0 Å². The summed E-state index contributed by atoms with van der Waals surface area (Å²) in [6, 6.07) is 3.47. The van der Waals surface area contributed by atoms with Crippen molar-refractivity contribution in [3.05, 3.63) is 35.4 Å². The van der Waals surface area contributed by atoms with E-state index in [-0.39, 0.29) is 17.5 Å². The van der Waals surface area contributed by atoms with E-state index in [1.54, 1.807) is 7.05 Å². The number of likely N-dealkylation sites (N-methyl/N-ethyl adjacent to an activating group) is 1. The number of rotatable bonds is 5. The third kappa shape index (κ3) is 5.10. The summed E-state index contributed by atoms with van der Waals surface area (Å²) in [4.78, 5) is 0. The van der Waals surface area contributed by atoms with Crippen molar-refractivity contribution in [2.45, 2.75) is 38.8 Å². The lowest BCUT2D eigenvalue weighted by Crippen LogP contribution is -2.36. The van der Waals surface area contributed by atoms with Gasteiger partial charge in [-0.25, -0.2) is 8.78 Å². The normalized spacial score (nSPS) is 13.7. The van der Waals surface area contributed by atoms with Gasteiger partial charge in [0.2, 0.25) is 0 Å². The Labute approximate surface area is 107 Å². The number of benzene rings is 1. The summed E-state index contributed by atoms with van der Waals surface area (Å²) >= 11 is 0. The van der Waals surface area contributed by atoms with Crippen LogP contribution in [0.25, 0.3) is 0 Å². The molecular formula is C14H21F2NO. The van der Waals surface area contributed by atoms with Crippen molar-refractivity contribution in [2.75, 3.05) is 13.7 Å². The quantitative estimate of drug-likeness (QED) is 0.875. The zero-order valence-electron chi connectivity index (χ0n) is 11.4. The monoisotopic (exact) mass is 257 g/mol. The van der Waals surface area contributed by atoms with Gasteiger partial charge in [0.15, 0.2) is 0 Å². The molecule has 18 heavy (non-hydrogen) atoms. The number of halogens is 2. The molecule has 0 saturated carbocycles. The number of hydrogen-bond acceptors (Lipinski definition) is 2. The van der Waals surface area contributed by atoms with Crippen LogP contribution in [0.3, 0.4) is 0 Å². The molecule has 102 valence electrons. The average molecular weight is 257 g/mol. The van der Waals surface area contributed by atoms with Crippen LogP contribution in [0.2, 0.25) is 0 Å². The summed E-state index contributed by atoms with van der Waals surface area (Å²) in [6.45, 7) is 6.34. The molecular weight excluding hydrogens is 236 g/mol. The number of nitrogens with one attached hydrogen (secondary N) is 1. The first-order valence-corrected chi connectivity index (χ1v) is 6.07. The highest BCUT2D eigenvalue weighted by Crippen LogP contribution is 2.14. The fourth-order valence-corrected chi connectivity index (χ4v) is 1.56. The second kappa shape index (κ2) is 6.25. The summed E-state index contributed by atoms with van der Waals surface area (Å²) < 4.78 is 32.2. The Morgan fingerprint density at radius 1 is 1.28 bits per heavy atom. The first-order valence-electron chi connectivity index (χ1n) is 6.07. The molecule has 0 bridgehead atoms. The largest absolute Gasteiger partial charge is 0.374 e. The van der Waals surface area contributed by atoms with Crippen LogP contribution in [0.1, 0.15) is 26.3 Å². The van der Waals surface area contributed by atoms with Crippen molar-refractivity contribution in [3.8, 4) is 0 Å². The highest BCUT2D eigenvalue weighted by Gasteiger charge is 2.16. The van der Waals surface area contributed by atoms with Crippen molar-refractivity contribution in [3.63, 3.8) is 0 Å². The molecule has 0 saturated heterocycles. The molecule has 1 aromatic rings. The molecule has 0 heterocycles. The van der Waals surface area contributed by atoms with Crippen molar-refractivity contribution in [2.24, 2.45) is 0 Å². The first kappa shape index (κ1) is 15.1. The smallest absolute Gasteiger partial charge is 0.126 e. The van der Waals surface area contributed by atoms with Gasteiger partial charge < -0.3 is 10.1 Å². The van der Waals surface area contributed by atoms with E-state index in [0.717, 1.165) is 12.1 Å². The van der Waals surface area contributed by atoms with Gasteiger partial charge in [-0.3, -0.25) is 0 Å². The Hall–Kier alpha value is -1.00. The maximum atomic E-state index is 13.5. The van der Waals surface area contributed by atoms with Crippen molar-refractivity contribution >= 4 is 0 Å². The van der Waals surface area contributed by atoms with Gasteiger partial charge in [0.25, 0.3) is 0 Å². The fourth-order valence-electron chi connectivity index (χ4n) is 1.56. The van der Waals surface area contributed by atoms with Crippen molar-refractivity contribution in [1.29, 1.82) is 0 Å². The summed E-state index contributed by atoms with van der Waals surface area (Å²) in [6.07, 6.45) is 0.399. The lowest BCUT2D eigenvalue weighted by atomic mass is 10.1. The predicted octanol–water partition coefficient (Wildman–Crippen LogP) is 2.91. The molecule has 0 spiro atoms. The molecule has 0 aromatic heterocycles. The SMILES string of the molecule is CNC(COC(C)(C)C)Cc1cc(F)ccc1F. The van der Waals surface area contributed by atoms with E-state index in [2.05, 4.69) is 5.32 Å². The Bertz CT molecular complexity index is 388. The maximum absolute atomic E-state index is 13.5. The Morgan fingerprint density at radius 2 is 1.94 bits per heavy atom. The molecule has 0 aliphatic heterocycles. The topological polar surface area (TPSA) is 21.3 Å². The van der Waals surface area contributed by atoms with E-state index < -0.39 is 5.82 Å². The number of hydrogen-bond donors (Lipinski definition) is 1.